The number of hydrogen-bond donors (Lipinski definition) is 2. The second-order valence-electron chi connectivity index (χ2n) is 6.71. The zero-order valence-corrected chi connectivity index (χ0v) is 16.3. The number of carbonyl (C=O) groups is 1. The van der Waals surface area contributed by atoms with Crippen molar-refractivity contribution in [3.05, 3.63) is 59.7 Å². The van der Waals surface area contributed by atoms with E-state index >= 15 is 0 Å². The summed E-state index contributed by atoms with van der Waals surface area (Å²) in [5.74, 6) is 0.0726. The summed E-state index contributed by atoms with van der Waals surface area (Å²) in [7, 11) is 1.49. The first-order valence-corrected chi connectivity index (χ1v) is 9.41. The molecule has 30 heavy (non-hydrogen) atoms. The van der Waals surface area contributed by atoms with Gasteiger partial charge in [-0.1, -0.05) is 12.1 Å². The van der Waals surface area contributed by atoms with E-state index in [4.69, 9.17) is 9.47 Å². The van der Waals surface area contributed by atoms with Gasteiger partial charge in [-0.25, -0.2) is 4.99 Å². The van der Waals surface area contributed by atoms with Gasteiger partial charge in [-0.15, -0.1) is 0 Å². The lowest BCUT2D eigenvalue weighted by Crippen LogP contribution is -2.36. The van der Waals surface area contributed by atoms with Crippen molar-refractivity contribution in [2.24, 2.45) is 4.99 Å². The number of aliphatic imine (C=N–C) groups is 1. The minimum absolute atomic E-state index is 0.0395. The van der Waals surface area contributed by atoms with E-state index in [2.05, 4.69) is 15.6 Å². The van der Waals surface area contributed by atoms with E-state index in [0.717, 1.165) is 25.0 Å². The summed E-state index contributed by atoms with van der Waals surface area (Å²) in [6.45, 7) is 0.923. The van der Waals surface area contributed by atoms with Crippen LogP contribution < -0.4 is 15.4 Å². The third-order valence-electron chi connectivity index (χ3n) is 4.49. The van der Waals surface area contributed by atoms with Gasteiger partial charge in [0.15, 0.2) is 0 Å². The molecule has 1 fully saturated rings. The quantitative estimate of drug-likeness (QED) is 0.564. The number of rotatable bonds is 5. The molecule has 0 aromatic heterocycles. The first-order valence-electron chi connectivity index (χ1n) is 9.41. The molecule has 9 heteroatoms. The molecule has 1 amide bonds. The summed E-state index contributed by atoms with van der Waals surface area (Å²) in [6.07, 6.45) is -2.80. The summed E-state index contributed by atoms with van der Waals surface area (Å²) in [4.78, 5) is 17.0. The lowest BCUT2D eigenvalue weighted by molar-refractivity contribution is -0.137. The average molecular weight is 421 g/mol. The van der Waals surface area contributed by atoms with Crippen LogP contribution in [-0.4, -0.2) is 38.2 Å². The van der Waals surface area contributed by atoms with Crippen LogP contribution in [0.15, 0.2) is 53.5 Å². The molecule has 1 saturated heterocycles. The topological polar surface area (TPSA) is 72.0 Å². The summed E-state index contributed by atoms with van der Waals surface area (Å²) in [5, 5.41) is 5.40. The molecule has 0 radical (unpaired) electrons. The standard InChI is InChI=1S/C21H22F3N3O3/c1-29-17-8-2-5-14(11-17)19(28)27-20(25-13-18-9-4-10-30-18)26-16-7-3-6-15(12-16)21(22,23)24/h2-3,5-8,11-12,18H,4,9-10,13H2,1H3,(H2,25,26,27,28)/t18-/m0/s1. The minimum atomic E-state index is -4.48. The maximum atomic E-state index is 13.0. The fraction of sp³-hybridized carbons (Fsp3) is 0.333. The number of nitrogens with one attached hydrogen (secondary N) is 2. The van der Waals surface area contributed by atoms with Gasteiger partial charge in [0.25, 0.3) is 5.91 Å². The van der Waals surface area contributed by atoms with E-state index in [-0.39, 0.29) is 24.3 Å². The van der Waals surface area contributed by atoms with E-state index < -0.39 is 17.6 Å². The van der Waals surface area contributed by atoms with Gasteiger partial charge in [-0.3, -0.25) is 10.1 Å². The van der Waals surface area contributed by atoms with Crippen molar-refractivity contribution in [3.63, 3.8) is 0 Å². The number of nitrogens with zero attached hydrogens (tertiary/aromatic N) is 1. The number of guanidine groups is 1. The Morgan fingerprint density at radius 1 is 1.23 bits per heavy atom. The van der Waals surface area contributed by atoms with Gasteiger partial charge in [-0.2, -0.15) is 13.2 Å². The van der Waals surface area contributed by atoms with Crippen LogP contribution in [0.3, 0.4) is 0 Å². The Kier molecular flexibility index (Phi) is 6.94. The van der Waals surface area contributed by atoms with Crippen LogP contribution in [0.2, 0.25) is 0 Å². The SMILES string of the molecule is COc1cccc(C(=O)NC(=NC[C@@H]2CCCO2)Nc2cccc(C(F)(F)F)c2)c1. The number of anilines is 1. The fourth-order valence-electron chi connectivity index (χ4n) is 2.95. The van der Waals surface area contributed by atoms with Crippen molar-refractivity contribution in [1.82, 2.24) is 5.32 Å². The molecule has 1 atom stereocenters. The van der Waals surface area contributed by atoms with Gasteiger partial charge < -0.3 is 14.8 Å². The Bertz CT molecular complexity index is 910. The van der Waals surface area contributed by atoms with Gasteiger partial charge in [0.2, 0.25) is 5.96 Å². The normalized spacial score (nSPS) is 16.9. The summed E-state index contributed by atoms with van der Waals surface area (Å²) >= 11 is 0. The number of alkyl halides is 3. The number of amides is 1. The predicted molar refractivity (Wildman–Crippen MR) is 107 cm³/mol. The van der Waals surface area contributed by atoms with Crippen molar-refractivity contribution in [2.45, 2.75) is 25.1 Å². The highest BCUT2D eigenvalue weighted by molar-refractivity contribution is 6.10. The molecular formula is C21H22F3N3O3. The predicted octanol–water partition coefficient (Wildman–Crippen LogP) is 4.09. The second-order valence-corrected chi connectivity index (χ2v) is 6.71. The number of hydrogen-bond acceptors (Lipinski definition) is 4. The number of carbonyl (C=O) groups excluding carboxylic acids is 1. The summed E-state index contributed by atoms with van der Waals surface area (Å²) in [6, 6.07) is 11.2. The Labute approximate surface area is 172 Å². The lowest BCUT2D eigenvalue weighted by atomic mass is 10.2. The van der Waals surface area contributed by atoms with Crippen LogP contribution in [0, 0.1) is 0 Å². The van der Waals surface area contributed by atoms with Crippen molar-refractivity contribution >= 4 is 17.6 Å². The summed E-state index contributed by atoms with van der Waals surface area (Å²) < 4.78 is 49.7. The molecule has 0 spiro atoms. The van der Waals surface area contributed by atoms with Crippen LogP contribution in [0.25, 0.3) is 0 Å². The number of ether oxygens (including phenoxy) is 2. The van der Waals surface area contributed by atoms with Crippen molar-refractivity contribution in [2.75, 3.05) is 25.6 Å². The van der Waals surface area contributed by atoms with Crippen molar-refractivity contribution < 1.29 is 27.4 Å². The molecule has 0 bridgehead atoms. The number of benzene rings is 2. The highest BCUT2D eigenvalue weighted by Crippen LogP contribution is 2.30. The summed E-state index contributed by atoms with van der Waals surface area (Å²) in [5.41, 5.74) is -0.322. The van der Waals surface area contributed by atoms with E-state index in [9.17, 15) is 18.0 Å². The van der Waals surface area contributed by atoms with E-state index in [0.29, 0.717) is 17.9 Å². The monoisotopic (exact) mass is 421 g/mol. The van der Waals surface area contributed by atoms with Crippen LogP contribution >= 0.6 is 0 Å². The Hall–Kier alpha value is -3.07. The largest absolute Gasteiger partial charge is 0.497 e. The molecule has 1 aliphatic rings. The first-order chi connectivity index (χ1) is 14.3. The smallest absolute Gasteiger partial charge is 0.416 e. The fourth-order valence-corrected chi connectivity index (χ4v) is 2.95. The third-order valence-corrected chi connectivity index (χ3v) is 4.49. The molecule has 160 valence electrons. The molecule has 3 rings (SSSR count). The van der Waals surface area contributed by atoms with Crippen molar-refractivity contribution in [1.29, 1.82) is 0 Å². The highest BCUT2D eigenvalue weighted by Gasteiger charge is 2.30. The van der Waals surface area contributed by atoms with E-state index in [1.807, 2.05) is 0 Å². The van der Waals surface area contributed by atoms with Crippen LogP contribution in [0.4, 0.5) is 18.9 Å². The van der Waals surface area contributed by atoms with E-state index in [1.165, 1.54) is 19.2 Å². The molecule has 1 aliphatic heterocycles. The van der Waals surface area contributed by atoms with Gasteiger partial charge in [0.1, 0.15) is 5.75 Å². The maximum absolute atomic E-state index is 13.0. The van der Waals surface area contributed by atoms with Gasteiger partial charge in [-0.05, 0) is 49.2 Å². The van der Waals surface area contributed by atoms with Gasteiger partial charge >= 0.3 is 6.18 Å². The van der Waals surface area contributed by atoms with Crippen LogP contribution in [0.5, 0.6) is 5.75 Å². The van der Waals surface area contributed by atoms with Gasteiger partial charge in [0, 0.05) is 17.9 Å². The first kappa shape index (κ1) is 21.6. The molecule has 6 nitrogen and oxygen atoms in total. The molecule has 2 aromatic carbocycles. The van der Waals surface area contributed by atoms with Crippen LogP contribution in [0.1, 0.15) is 28.8 Å². The molecule has 2 N–H and O–H groups in total. The number of halogens is 3. The van der Waals surface area contributed by atoms with Crippen LogP contribution in [-0.2, 0) is 10.9 Å². The van der Waals surface area contributed by atoms with Crippen molar-refractivity contribution in [3.8, 4) is 5.75 Å². The van der Waals surface area contributed by atoms with E-state index in [1.54, 1.807) is 24.3 Å². The molecule has 1 heterocycles. The average Bonchev–Trinajstić information content (AvgIpc) is 3.25. The zero-order chi connectivity index (χ0) is 21.6. The second kappa shape index (κ2) is 9.62. The third kappa shape index (κ3) is 5.96. The molecule has 2 aromatic rings. The van der Waals surface area contributed by atoms with Gasteiger partial charge in [0.05, 0.1) is 25.3 Å². The Morgan fingerprint density at radius 2 is 2.03 bits per heavy atom. The minimum Gasteiger partial charge on any atom is -0.497 e. The lowest BCUT2D eigenvalue weighted by Gasteiger charge is -2.15. The highest BCUT2D eigenvalue weighted by atomic mass is 19.4. The number of methoxy groups -OCH3 is 1. The molecular weight excluding hydrogens is 399 g/mol. The maximum Gasteiger partial charge on any atom is 0.416 e. The molecule has 0 unspecified atom stereocenters. The molecule has 0 saturated carbocycles. The Balaban J connectivity index is 1.79. The zero-order valence-electron chi connectivity index (χ0n) is 16.3. The molecule has 0 aliphatic carbocycles. The Morgan fingerprint density at radius 3 is 2.73 bits per heavy atom.